The molecule has 0 aromatic rings. The number of hydrogen-bond acceptors (Lipinski definition) is 2. The third-order valence-electron chi connectivity index (χ3n) is 2.76. The highest BCUT2D eigenvalue weighted by Gasteiger charge is 2.02. The van der Waals surface area contributed by atoms with E-state index in [1.807, 2.05) is 0 Å². The zero-order chi connectivity index (χ0) is 12.3. The van der Waals surface area contributed by atoms with E-state index in [-0.39, 0.29) is 15.7 Å². The Balaban J connectivity index is 0. The zero-order valence-corrected chi connectivity index (χ0v) is 13.4. The van der Waals surface area contributed by atoms with E-state index in [1.165, 1.54) is 44.9 Å². The van der Waals surface area contributed by atoms with Crippen molar-refractivity contribution in [3.8, 4) is 0 Å². The summed E-state index contributed by atoms with van der Waals surface area (Å²) in [5.74, 6) is -0.0799. The van der Waals surface area contributed by atoms with Gasteiger partial charge in [0.15, 0.2) is 0 Å². The molecule has 0 aliphatic heterocycles. The van der Waals surface area contributed by atoms with Crippen LogP contribution < -0.4 is 0 Å². The van der Waals surface area contributed by atoms with Gasteiger partial charge in [0.2, 0.25) is 0 Å². The van der Waals surface area contributed by atoms with Gasteiger partial charge in [0.1, 0.15) is 0 Å². The molecule has 3 nitrogen and oxygen atoms in total. The molecule has 0 saturated carbocycles. The van der Waals surface area contributed by atoms with Gasteiger partial charge in [-0.25, -0.2) is 0 Å². The second-order valence-corrected chi connectivity index (χ2v) is 6.04. The monoisotopic (exact) mass is 284 g/mol. The van der Waals surface area contributed by atoms with Crippen LogP contribution in [0, 0.1) is 0 Å². The van der Waals surface area contributed by atoms with Crippen molar-refractivity contribution in [1.29, 1.82) is 0 Å². The highest BCUT2D eigenvalue weighted by Crippen LogP contribution is 2.10. The van der Waals surface area contributed by atoms with Crippen LogP contribution in [0.5, 0.6) is 0 Å². The number of unbranched alkanes of at least 4 members (excludes halogenated alkanes) is 9. The summed E-state index contributed by atoms with van der Waals surface area (Å²) in [4.78, 5) is 0. The average Bonchev–Trinajstić information content (AvgIpc) is 2.19. The van der Waals surface area contributed by atoms with Gasteiger partial charge in [-0.05, 0) is 6.42 Å². The maximum absolute atomic E-state index is 10.4. The molecule has 0 amide bonds. The summed E-state index contributed by atoms with van der Waals surface area (Å²) in [6, 6.07) is 0. The van der Waals surface area contributed by atoms with Crippen LogP contribution in [0.2, 0.25) is 0 Å². The fourth-order valence-electron chi connectivity index (χ4n) is 1.77. The summed E-state index contributed by atoms with van der Waals surface area (Å²) >= 11 is 0. The highest BCUT2D eigenvalue weighted by molar-refractivity contribution is 7.85. The molecule has 106 valence electrons. The Morgan fingerprint density at radius 1 is 0.765 bits per heavy atom. The molecule has 0 aromatic heterocycles. The smallest absolute Gasteiger partial charge is 0.264 e. The first-order valence-corrected chi connectivity index (χ1v) is 8.12. The van der Waals surface area contributed by atoms with E-state index < -0.39 is 10.1 Å². The number of rotatable bonds is 11. The third kappa shape index (κ3) is 18.9. The maximum atomic E-state index is 10.4. The van der Waals surface area contributed by atoms with Crippen LogP contribution in [-0.2, 0) is 10.1 Å². The molecule has 1 atom stereocenters. The normalized spacial score (nSPS) is 11.2. The number of hydrogen-bond donors (Lipinski definition) is 1. The Labute approximate surface area is 110 Å². The van der Waals surface area contributed by atoms with Crippen LogP contribution in [0.3, 0.4) is 0 Å². The predicted molar refractivity (Wildman–Crippen MR) is 79.4 cm³/mol. The summed E-state index contributed by atoms with van der Waals surface area (Å²) in [5.41, 5.74) is 0. The van der Waals surface area contributed by atoms with Crippen LogP contribution in [0.1, 0.15) is 71.1 Å². The fraction of sp³-hybridized carbons (Fsp3) is 1.00. The lowest BCUT2D eigenvalue weighted by atomic mass is 10.1. The molecule has 5 heteroatoms. The van der Waals surface area contributed by atoms with E-state index in [0.717, 1.165) is 12.8 Å². The van der Waals surface area contributed by atoms with Gasteiger partial charge in [0.25, 0.3) is 10.1 Å². The minimum atomic E-state index is -3.73. The van der Waals surface area contributed by atoms with Crippen LogP contribution in [0.25, 0.3) is 0 Å². The van der Waals surface area contributed by atoms with E-state index in [1.54, 1.807) is 0 Å². The van der Waals surface area contributed by atoms with Gasteiger partial charge < -0.3 is 0 Å². The average molecular weight is 284 g/mol. The van der Waals surface area contributed by atoms with Crippen LogP contribution in [-0.4, -0.2) is 18.7 Å². The molecular formula is C12H29O3PS. The van der Waals surface area contributed by atoms with Crippen molar-refractivity contribution in [2.75, 3.05) is 5.75 Å². The summed E-state index contributed by atoms with van der Waals surface area (Å²) in [6.07, 6.45) is 11.7. The Bertz CT molecular complexity index is 240. The van der Waals surface area contributed by atoms with Gasteiger partial charge in [-0.3, -0.25) is 4.55 Å². The molecule has 0 fully saturated rings. The van der Waals surface area contributed by atoms with E-state index in [2.05, 4.69) is 6.92 Å². The molecule has 0 aliphatic carbocycles. The Kier molecular flexibility index (Phi) is 14.8. The van der Waals surface area contributed by atoms with Crippen molar-refractivity contribution in [3.63, 3.8) is 0 Å². The third-order valence-corrected chi connectivity index (χ3v) is 3.56. The van der Waals surface area contributed by atoms with Gasteiger partial charge in [-0.2, -0.15) is 18.3 Å². The first kappa shape index (κ1) is 19.7. The zero-order valence-electron chi connectivity index (χ0n) is 11.2. The molecule has 0 heterocycles. The molecule has 0 saturated heterocycles. The first-order chi connectivity index (χ1) is 7.56. The lowest BCUT2D eigenvalue weighted by molar-refractivity contribution is 0.478. The van der Waals surface area contributed by atoms with Crippen LogP contribution in [0.4, 0.5) is 0 Å². The Morgan fingerprint density at radius 2 is 1.12 bits per heavy atom. The van der Waals surface area contributed by atoms with Gasteiger partial charge >= 0.3 is 0 Å². The van der Waals surface area contributed by atoms with E-state index >= 15 is 0 Å². The van der Waals surface area contributed by atoms with E-state index in [4.69, 9.17) is 4.55 Å². The quantitative estimate of drug-likeness (QED) is 0.356. The second kappa shape index (κ2) is 12.8. The van der Waals surface area contributed by atoms with Gasteiger partial charge in [-0.15, -0.1) is 0 Å². The van der Waals surface area contributed by atoms with Crippen LogP contribution in [0.15, 0.2) is 0 Å². The SMILES string of the molecule is CCCCCCCCCCCCS(=O)(=O)O.P. The lowest BCUT2D eigenvalue weighted by Crippen LogP contribution is -2.03. The van der Waals surface area contributed by atoms with Gasteiger partial charge in [-0.1, -0.05) is 64.7 Å². The van der Waals surface area contributed by atoms with Gasteiger partial charge in [0.05, 0.1) is 5.75 Å². The molecule has 0 radical (unpaired) electrons. The molecule has 1 unspecified atom stereocenters. The van der Waals surface area contributed by atoms with Crippen LogP contribution >= 0.6 is 9.90 Å². The summed E-state index contributed by atoms with van der Waals surface area (Å²) in [6.45, 7) is 2.22. The minimum Gasteiger partial charge on any atom is -0.286 e. The van der Waals surface area contributed by atoms with Gasteiger partial charge in [0, 0.05) is 0 Å². The second-order valence-electron chi connectivity index (χ2n) is 4.47. The van der Waals surface area contributed by atoms with E-state index in [0.29, 0.717) is 6.42 Å². The molecule has 0 spiro atoms. The molecule has 1 N–H and O–H groups in total. The van der Waals surface area contributed by atoms with Crippen molar-refractivity contribution in [2.45, 2.75) is 71.1 Å². The summed E-state index contributed by atoms with van der Waals surface area (Å²) in [5, 5.41) is 0. The highest BCUT2D eigenvalue weighted by atomic mass is 32.2. The molecule has 0 rings (SSSR count). The first-order valence-electron chi connectivity index (χ1n) is 6.51. The summed E-state index contributed by atoms with van der Waals surface area (Å²) < 4.78 is 29.4. The van der Waals surface area contributed by atoms with Crippen molar-refractivity contribution in [2.24, 2.45) is 0 Å². The minimum absolute atomic E-state index is 0. The van der Waals surface area contributed by atoms with E-state index in [9.17, 15) is 8.42 Å². The molecular weight excluding hydrogens is 255 g/mol. The standard InChI is InChI=1S/C12H26O3S.H3P/c1-2-3-4-5-6-7-8-9-10-11-12-16(13,14)15;/h2-12H2,1H3,(H,13,14,15);1H3. The van der Waals surface area contributed by atoms with Crippen molar-refractivity contribution < 1.29 is 13.0 Å². The van der Waals surface area contributed by atoms with Crippen molar-refractivity contribution in [3.05, 3.63) is 0 Å². The fourth-order valence-corrected chi connectivity index (χ4v) is 2.34. The lowest BCUT2D eigenvalue weighted by Gasteiger charge is -2.01. The largest absolute Gasteiger partial charge is 0.286 e. The summed E-state index contributed by atoms with van der Waals surface area (Å²) in [7, 11) is -3.73. The molecule has 0 bridgehead atoms. The van der Waals surface area contributed by atoms with Crippen molar-refractivity contribution >= 4 is 20.0 Å². The molecule has 0 aliphatic rings. The topological polar surface area (TPSA) is 54.4 Å². The Morgan fingerprint density at radius 3 is 1.47 bits per heavy atom. The molecule has 17 heavy (non-hydrogen) atoms. The van der Waals surface area contributed by atoms with Crippen molar-refractivity contribution in [1.82, 2.24) is 0 Å². The maximum Gasteiger partial charge on any atom is 0.264 e. The molecule has 0 aromatic carbocycles. The Hall–Kier alpha value is 0.340. The predicted octanol–water partition coefficient (Wildman–Crippen LogP) is 3.85.